The summed E-state index contributed by atoms with van der Waals surface area (Å²) in [6, 6.07) is 59.7. The average Bonchev–Trinajstić information content (AvgIpc) is 3.99. The fourth-order valence-corrected chi connectivity index (χ4v) is 11.3. The van der Waals surface area contributed by atoms with Gasteiger partial charge in [0.2, 0.25) is 0 Å². The molecule has 8 aromatic carbocycles. The first-order chi connectivity index (χ1) is 32.3. The van der Waals surface area contributed by atoms with Crippen LogP contribution in [0.5, 0.6) is 17.2 Å². The zero-order chi connectivity index (χ0) is 46.8. The lowest BCUT2D eigenvalue weighted by Crippen LogP contribution is -2.14. The highest BCUT2D eigenvalue weighted by molar-refractivity contribution is 9.10. The van der Waals surface area contributed by atoms with Gasteiger partial charge < -0.3 is 19.0 Å². The van der Waals surface area contributed by atoms with E-state index in [0.717, 1.165) is 37.1 Å². The van der Waals surface area contributed by atoms with Crippen molar-refractivity contribution in [3.8, 4) is 51.1 Å². The van der Waals surface area contributed by atoms with Crippen molar-refractivity contribution in [3.05, 3.63) is 229 Å². The van der Waals surface area contributed by atoms with E-state index in [1.165, 1.54) is 55.9 Å². The zero-order valence-electron chi connectivity index (χ0n) is 37.0. The number of aromatic nitrogens is 2. The quantitative estimate of drug-likeness (QED) is 0.191. The van der Waals surface area contributed by atoms with Crippen LogP contribution in [0, 0.1) is 5.82 Å². The Bertz CT molecular complexity index is 3540. The van der Waals surface area contributed by atoms with Gasteiger partial charge in [0.15, 0.2) is 0 Å². The first-order valence-electron chi connectivity index (χ1n) is 21.9. The number of benzene rings is 8. The number of rotatable bonds is 4. The van der Waals surface area contributed by atoms with E-state index in [9.17, 15) is 4.39 Å². The molecule has 0 saturated carbocycles. The van der Waals surface area contributed by atoms with Gasteiger partial charge in [-0.3, -0.25) is 0 Å². The lowest BCUT2D eigenvalue weighted by molar-refractivity contribution is 0.475. The van der Waals surface area contributed by atoms with Crippen LogP contribution < -0.4 is 4.74 Å². The molecular formula is C58H43Br2Cl2FN2O2. The second kappa shape index (κ2) is 17.5. The molecule has 10 aromatic rings. The molecule has 2 aliphatic rings. The number of nitrogens with zero attached hydrogens (tertiary/aromatic N) is 2. The van der Waals surface area contributed by atoms with Crippen LogP contribution in [0.15, 0.2) is 191 Å². The number of hydrogen-bond donors (Lipinski definition) is 1. The molecule has 67 heavy (non-hydrogen) atoms. The molecule has 0 unspecified atom stereocenters. The van der Waals surface area contributed by atoms with Crippen LogP contribution in [0.3, 0.4) is 0 Å². The van der Waals surface area contributed by atoms with Gasteiger partial charge in [-0.05, 0) is 95.1 Å². The molecule has 0 amide bonds. The van der Waals surface area contributed by atoms with Crippen molar-refractivity contribution in [2.24, 2.45) is 0 Å². The van der Waals surface area contributed by atoms with Gasteiger partial charge in [0.25, 0.3) is 0 Å². The number of phenolic OH excluding ortho intramolecular Hbond substituents is 1. The Balaban J connectivity index is 0.000000137. The lowest BCUT2D eigenvalue weighted by Gasteiger charge is -2.21. The summed E-state index contributed by atoms with van der Waals surface area (Å²) >= 11 is 20.1. The van der Waals surface area contributed by atoms with Gasteiger partial charge in [-0.15, -0.1) is 0 Å². The third kappa shape index (κ3) is 7.66. The van der Waals surface area contributed by atoms with Crippen LogP contribution in [-0.2, 0) is 10.8 Å². The molecule has 12 rings (SSSR count). The highest BCUT2D eigenvalue weighted by atomic mass is 79.9. The van der Waals surface area contributed by atoms with Crippen molar-refractivity contribution in [2.75, 3.05) is 0 Å². The summed E-state index contributed by atoms with van der Waals surface area (Å²) in [6.45, 7) is 9.12. The predicted octanol–water partition coefficient (Wildman–Crippen LogP) is 18.0. The number of ether oxygens (including phenoxy) is 1. The van der Waals surface area contributed by atoms with Gasteiger partial charge >= 0.3 is 0 Å². The van der Waals surface area contributed by atoms with E-state index in [1.807, 2.05) is 54.6 Å². The Kier molecular flexibility index (Phi) is 11.7. The molecular weight excluding hydrogens is 1010 g/mol. The molecule has 0 saturated heterocycles. The van der Waals surface area contributed by atoms with E-state index in [0.29, 0.717) is 22.2 Å². The number of para-hydroxylation sites is 2. The van der Waals surface area contributed by atoms with Crippen molar-refractivity contribution < 1.29 is 14.2 Å². The van der Waals surface area contributed by atoms with Gasteiger partial charge in [0.1, 0.15) is 33.1 Å². The van der Waals surface area contributed by atoms with Crippen LogP contribution in [-0.4, -0.2) is 14.2 Å². The summed E-state index contributed by atoms with van der Waals surface area (Å²) in [7, 11) is 0. The van der Waals surface area contributed by atoms with Crippen LogP contribution in [0.2, 0.25) is 10.0 Å². The molecule has 0 fully saturated rings. The molecule has 0 atom stereocenters. The van der Waals surface area contributed by atoms with E-state index < -0.39 is 5.82 Å². The zero-order valence-corrected chi connectivity index (χ0v) is 41.6. The number of halogens is 5. The number of aromatic hydroxyl groups is 1. The molecule has 4 nitrogen and oxygen atoms in total. The molecule has 1 N–H and O–H groups in total. The Morgan fingerprint density at radius 1 is 0.507 bits per heavy atom. The Hall–Kier alpha value is -6.09. The fraction of sp³-hybridized carbons (Fsp3) is 0.103. The van der Waals surface area contributed by atoms with Crippen LogP contribution >= 0.6 is 55.1 Å². The van der Waals surface area contributed by atoms with Gasteiger partial charge in [-0.1, -0.05) is 192 Å². The van der Waals surface area contributed by atoms with Crippen molar-refractivity contribution in [1.29, 1.82) is 0 Å². The highest BCUT2D eigenvalue weighted by Gasteiger charge is 2.42. The maximum Gasteiger partial charge on any atom is 0.148 e. The lowest BCUT2D eigenvalue weighted by atomic mass is 9.81. The normalized spacial score (nSPS) is 13.4. The van der Waals surface area contributed by atoms with Crippen molar-refractivity contribution in [3.63, 3.8) is 0 Å². The third-order valence-corrected chi connectivity index (χ3v) is 14.6. The largest absolute Gasteiger partial charge is 0.508 e. The number of fused-ring (bicyclic) bond motifs is 10. The summed E-state index contributed by atoms with van der Waals surface area (Å²) in [4.78, 5) is 0. The minimum atomic E-state index is -0.402. The number of hydrogen-bond acceptors (Lipinski definition) is 2. The van der Waals surface area contributed by atoms with E-state index in [1.54, 1.807) is 24.3 Å². The molecule has 9 heteroatoms. The Morgan fingerprint density at radius 3 is 1.49 bits per heavy atom. The van der Waals surface area contributed by atoms with E-state index in [4.69, 9.17) is 33.0 Å². The van der Waals surface area contributed by atoms with Crippen LogP contribution in [0.25, 0.3) is 55.7 Å². The van der Waals surface area contributed by atoms with E-state index >= 15 is 0 Å². The minimum Gasteiger partial charge on any atom is -0.508 e. The molecule has 2 aliphatic carbocycles. The third-order valence-electron chi connectivity index (χ3n) is 12.9. The second-order valence-corrected chi connectivity index (χ2v) is 20.3. The standard InChI is InChI=1S/C29H21BrClNO.C23H17ClFN.C6H5BrO/c1-29(2)22-13-5-3-11-20(22)28-26(29)21-12-4-6-14-23(21)32(28)24-15-8-16-25(27(24)31)33-19-10-7-9-18(30)17-19;1-23(2)16-10-5-3-8-14(16)22-20(23)15-9-4-6-12-18(15)26(22)19-13-7-11-17(25)21(19)24;7-5-2-1-3-6(8)4-5/h3-17H,1-2H3;3-13H,1-2H3;1-4,8H. The van der Waals surface area contributed by atoms with E-state index in [-0.39, 0.29) is 15.9 Å². The first kappa shape index (κ1) is 44.7. The SMILES string of the molecule is CC1(C)c2ccccc2-c2c1c1ccccc1n2-c1cccc(F)c1Cl.CC1(C)c2ccccc2-c2c1c1ccccc1n2-c1cccc(Oc2cccc(Br)c2)c1Cl.Oc1cccc(Br)c1. The molecule has 2 aromatic heterocycles. The van der Waals surface area contributed by atoms with Crippen molar-refractivity contribution in [1.82, 2.24) is 9.13 Å². The van der Waals surface area contributed by atoms with Crippen molar-refractivity contribution in [2.45, 2.75) is 38.5 Å². The Labute approximate surface area is 416 Å². The summed E-state index contributed by atoms with van der Waals surface area (Å²) < 4.78 is 26.7. The van der Waals surface area contributed by atoms with E-state index in [2.05, 4.69) is 166 Å². The maximum absolute atomic E-state index is 14.2. The van der Waals surface area contributed by atoms with Crippen molar-refractivity contribution >= 4 is 76.9 Å². The second-order valence-electron chi connectivity index (χ2n) is 17.7. The average molecular weight is 1050 g/mol. The fourth-order valence-electron chi connectivity index (χ4n) is 10.0. The van der Waals surface area contributed by atoms with Gasteiger partial charge in [0, 0.05) is 41.7 Å². The molecule has 0 aliphatic heterocycles. The molecule has 2 heterocycles. The van der Waals surface area contributed by atoms with Crippen LogP contribution in [0.4, 0.5) is 4.39 Å². The predicted molar refractivity (Wildman–Crippen MR) is 282 cm³/mol. The summed E-state index contributed by atoms with van der Waals surface area (Å²) in [5.74, 6) is 1.25. The summed E-state index contributed by atoms with van der Waals surface area (Å²) in [6.07, 6.45) is 0. The highest BCUT2D eigenvalue weighted by Crippen LogP contribution is 2.56. The van der Waals surface area contributed by atoms with Gasteiger partial charge in [0.05, 0.1) is 33.8 Å². The molecule has 0 radical (unpaired) electrons. The molecule has 0 bridgehead atoms. The smallest absolute Gasteiger partial charge is 0.148 e. The first-order valence-corrected chi connectivity index (χ1v) is 24.2. The minimum absolute atomic E-state index is 0.103. The number of phenols is 1. The summed E-state index contributed by atoms with van der Waals surface area (Å²) in [5.41, 5.74) is 13.5. The topological polar surface area (TPSA) is 39.3 Å². The monoisotopic (exact) mass is 1050 g/mol. The van der Waals surface area contributed by atoms with Crippen LogP contribution in [0.1, 0.15) is 49.9 Å². The molecule has 332 valence electrons. The maximum atomic E-state index is 14.2. The molecule has 0 spiro atoms. The van der Waals surface area contributed by atoms with Gasteiger partial charge in [-0.25, -0.2) is 4.39 Å². The Morgan fingerprint density at radius 2 is 0.970 bits per heavy atom. The van der Waals surface area contributed by atoms with Gasteiger partial charge in [-0.2, -0.15) is 0 Å². The summed E-state index contributed by atoms with van der Waals surface area (Å²) in [5, 5.41) is 12.0.